The average molecular weight is 397 g/mol. The Morgan fingerprint density at radius 3 is 2.82 bits per heavy atom. The van der Waals surface area contributed by atoms with E-state index in [4.69, 9.17) is 16.3 Å². The fourth-order valence-corrected chi connectivity index (χ4v) is 3.65. The van der Waals surface area contributed by atoms with Crippen LogP contribution in [0.3, 0.4) is 0 Å². The van der Waals surface area contributed by atoms with Gasteiger partial charge in [0.2, 0.25) is 5.91 Å². The number of carbonyl (C=O) groups excluding carboxylic acids is 1. The lowest BCUT2D eigenvalue weighted by Gasteiger charge is -2.36. The van der Waals surface area contributed by atoms with E-state index in [1.165, 1.54) is 0 Å². The van der Waals surface area contributed by atoms with Gasteiger partial charge in [-0.15, -0.1) is 0 Å². The van der Waals surface area contributed by atoms with E-state index in [-0.39, 0.29) is 18.6 Å². The summed E-state index contributed by atoms with van der Waals surface area (Å²) >= 11 is 5.89. The smallest absolute Gasteiger partial charge is 0.227 e. The molecular weight excluding hydrogens is 376 g/mol. The lowest BCUT2D eigenvalue weighted by Crippen LogP contribution is -2.51. The molecule has 2 aromatic carbocycles. The van der Waals surface area contributed by atoms with Gasteiger partial charge < -0.3 is 14.7 Å². The van der Waals surface area contributed by atoms with Crippen molar-refractivity contribution in [2.45, 2.75) is 25.0 Å². The number of pyridine rings is 1. The van der Waals surface area contributed by atoms with E-state index >= 15 is 0 Å². The summed E-state index contributed by atoms with van der Waals surface area (Å²) in [7, 11) is 0. The number of hydrogen-bond donors (Lipinski definition) is 1. The second kappa shape index (κ2) is 8.17. The van der Waals surface area contributed by atoms with Gasteiger partial charge in [0.25, 0.3) is 0 Å². The minimum absolute atomic E-state index is 0.00365. The first kappa shape index (κ1) is 18.7. The van der Waals surface area contributed by atoms with Crippen LogP contribution in [0.4, 0.5) is 0 Å². The Kier molecular flexibility index (Phi) is 5.46. The Bertz CT molecular complexity index is 972. The lowest BCUT2D eigenvalue weighted by molar-refractivity contribution is -0.136. The normalized spacial score (nSPS) is 19.6. The van der Waals surface area contributed by atoms with Crippen molar-refractivity contribution >= 4 is 28.3 Å². The number of halogens is 1. The number of hydrogen-bond acceptors (Lipinski definition) is 4. The molecule has 0 bridgehead atoms. The zero-order valence-corrected chi connectivity index (χ0v) is 16.0. The molecule has 1 amide bonds. The molecule has 3 aromatic rings. The van der Waals surface area contributed by atoms with Crippen LogP contribution in [0.2, 0.25) is 5.02 Å². The van der Waals surface area contributed by atoms with Crippen LogP contribution < -0.4 is 4.74 Å². The van der Waals surface area contributed by atoms with Crippen LogP contribution in [-0.2, 0) is 11.2 Å². The minimum Gasteiger partial charge on any atom is -0.487 e. The molecule has 1 N–H and O–H groups in total. The highest BCUT2D eigenvalue weighted by molar-refractivity contribution is 6.30. The standard InChI is InChI=1S/C22H21ClN2O3/c23-17-6-4-15(5-7-17)12-22(27)25-11-9-21(19(26)14-25)28-20-3-1-2-16-13-24-10-8-18(16)20/h1-8,10,13,19,21,26H,9,11-12,14H2/t19-,21-/m1/s1. The van der Waals surface area contributed by atoms with E-state index in [1.807, 2.05) is 36.4 Å². The van der Waals surface area contributed by atoms with Gasteiger partial charge in [-0.3, -0.25) is 9.78 Å². The van der Waals surface area contributed by atoms with Gasteiger partial charge in [-0.2, -0.15) is 0 Å². The molecule has 0 saturated carbocycles. The van der Waals surface area contributed by atoms with E-state index in [2.05, 4.69) is 4.98 Å². The Morgan fingerprint density at radius 2 is 2.04 bits per heavy atom. The predicted molar refractivity (Wildman–Crippen MR) is 109 cm³/mol. The van der Waals surface area contributed by atoms with E-state index < -0.39 is 6.10 Å². The van der Waals surface area contributed by atoms with Gasteiger partial charge in [0.15, 0.2) is 0 Å². The summed E-state index contributed by atoms with van der Waals surface area (Å²) in [5, 5.41) is 13.2. The molecule has 1 aliphatic rings. The summed E-state index contributed by atoms with van der Waals surface area (Å²) in [6.45, 7) is 0.823. The van der Waals surface area contributed by atoms with Crippen LogP contribution in [0.15, 0.2) is 60.9 Å². The third-order valence-corrected chi connectivity index (χ3v) is 5.31. The number of rotatable bonds is 4. The van der Waals surface area contributed by atoms with Crippen LogP contribution in [0.25, 0.3) is 10.8 Å². The lowest BCUT2D eigenvalue weighted by atomic mass is 10.0. The molecule has 0 radical (unpaired) electrons. The van der Waals surface area contributed by atoms with Crippen molar-refractivity contribution in [2.24, 2.45) is 0 Å². The first-order chi connectivity index (χ1) is 13.6. The zero-order chi connectivity index (χ0) is 19.5. The number of fused-ring (bicyclic) bond motifs is 1. The monoisotopic (exact) mass is 396 g/mol. The van der Waals surface area contributed by atoms with Crippen molar-refractivity contribution in [2.75, 3.05) is 13.1 Å². The van der Waals surface area contributed by atoms with Crippen molar-refractivity contribution < 1.29 is 14.6 Å². The Balaban J connectivity index is 1.39. The Hall–Kier alpha value is -2.63. The van der Waals surface area contributed by atoms with Crippen molar-refractivity contribution in [3.63, 3.8) is 0 Å². The molecule has 28 heavy (non-hydrogen) atoms. The molecule has 2 heterocycles. The number of carbonyl (C=O) groups is 1. The number of likely N-dealkylation sites (tertiary alicyclic amines) is 1. The largest absolute Gasteiger partial charge is 0.487 e. The molecule has 2 atom stereocenters. The third kappa shape index (κ3) is 4.11. The molecule has 0 unspecified atom stereocenters. The maximum Gasteiger partial charge on any atom is 0.227 e. The van der Waals surface area contributed by atoms with Crippen LogP contribution >= 0.6 is 11.6 Å². The van der Waals surface area contributed by atoms with Crippen LogP contribution in [0, 0.1) is 0 Å². The van der Waals surface area contributed by atoms with Gasteiger partial charge in [0.1, 0.15) is 18.0 Å². The fourth-order valence-electron chi connectivity index (χ4n) is 3.52. The molecule has 0 aliphatic carbocycles. The van der Waals surface area contributed by atoms with E-state index in [1.54, 1.807) is 29.4 Å². The number of benzene rings is 2. The van der Waals surface area contributed by atoms with Crippen molar-refractivity contribution in [3.8, 4) is 5.75 Å². The zero-order valence-electron chi connectivity index (χ0n) is 15.3. The number of piperidine rings is 1. The van der Waals surface area contributed by atoms with Gasteiger partial charge in [-0.25, -0.2) is 0 Å². The molecule has 5 nitrogen and oxygen atoms in total. The number of β-amino-alcohol motifs (C(OH)–C–C–N with tert-alkyl or cyclic N) is 1. The first-order valence-electron chi connectivity index (χ1n) is 9.30. The molecule has 6 heteroatoms. The van der Waals surface area contributed by atoms with Gasteiger partial charge >= 0.3 is 0 Å². The summed E-state index contributed by atoms with van der Waals surface area (Å²) in [5.74, 6) is 0.723. The highest BCUT2D eigenvalue weighted by Crippen LogP contribution is 2.28. The van der Waals surface area contributed by atoms with Crippen LogP contribution in [0.5, 0.6) is 5.75 Å². The third-order valence-electron chi connectivity index (χ3n) is 5.06. The predicted octanol–water partition coefficient (Wildman–Crippen LogP) is 3.47. The topological polar surface area (TPSA) is 62.7 Å². The number of amides is 1. The second-order valence-electron chi connectivity index (χ2n) is 7.01. The number of ether oxygens (including phenoxy) is 1. The van der Waals surface area contributed by atoms with Gasteiger partial charge in [-0.1, -0.05) is 35.9 Å². The maximum absolute atomic E-state index is 12.6. The van der Waals surface area contributed by atoms with E-state index in [0.29, 0.717) is 24.4 Å². The highest BCUT2D eigenvalue weighted by atomic mass is 35.5. The molecule has 1 aliphatic heterocycles. The highest BCUT2D eigenvalue weighted by Gasteiger charge is 2.31. The van der Waals surface area contributed by atoms with Crippen molar-refractivity contribution in [1.82, 2.24) is 9.88 Å². The number of nitrogens with zero attached hydrogens (tertiary/aromatic N) is 2. The van der Waals surface area contributed by atoms with Gasteiger partial charge in [0, 0.05) is 41.2 Å². The van der Waals surface area contributed by atoms with Crippen molar-refractivity contribution in [3.05, 3.63) is 71.5 Å². The second-order valence-corrected chi connectivity index (χ2v) is 7.44. The average Bonchev–Trinajstić information content (AvgIpc) is 2.71. The summed E-state index contributed by atoms with van der Waals surface area (Å²) < 4.78 is 6.11. The maximum atomic E-state index is 12.6. The molecule has 1 fully saturated rings. The van der Waals surface area contributed by atoms with E-state index in [0.717, 1.165) is 22.1 Å². The van der Waals surface area contributed by atoms with Gasteiger partial charge in [-0.05, 0) is 29.8 Å². The van der Waals surface area contributed by atoms with Gasteiger partial charge in [0.05, 0.1) is 13.0 Å². The number of aromatic nitrogens is 1. The summed E-state index contributed by atoms with van der Waals surface area (Å²) in [6, 6.07) is 14.9. The summed E-state index contributed by atoms with van der Waals surface area (Å²) in [4.78, 5) is 18.4. The summed E-state index contributed by atoms with van der Waals surface area (Å²) in [5.41, 5.74) is 0.909. The molecule has 1 saturated heterocycles. The SMILES string of the molecule is O=C(Cc1ccc(Cl)cc1)N1CC[C@@H](Oc2cccc3cnccc23)[C@H](O)C1. The molecular formula is C22H21ClN2O3. The Labute approximate surface area is 168 Å². The van der Waals surface area contributed by atoms with Crippen LogP contribution in [-0.4, -0.2) is 46.2 Å². The minimum atomic E-state index is -0.736. The quantitative estimate of drug-likeness (QED) is 0.733. The molecule has 0 spiro atoms. The first-order valence-corrected chi connectivity index (χ1v) is 9.67. The fraction of sp³-hybridized carbons (Fsp3) is 0.273. The van der Waals surface area contributed by atoms with E-state index in [9.17, 15) is 9.90 Å². The number of aliphatic hydroxyl groups is 1. The number of aliphatic hydroxyl groups excluding tert-OH is 1. The van der Waals surface area contributed by atoms with Crippen LogP contribution in [0.1, 0.15) is 12.0 Å². The van der Waals surface area contributed by atoms with Crippen molar-refractivity contribution in [1.29, 1.82) is 0 Å². The molecule has 1 aromatic heterocycles. The summed E-state index contributed by atoms with van der Waals surface area (Å²) in [6.07, 6.45) is 3.31. The Morgan fingerprint density at radius 1 is 1.21 bits per heavy atom. The molecule has 144 valence electrons. The molecule has 4 rings (SSSR count).